The van der Waals surface area contributed by atoms with E-state index in [4.69, 9.17) is 14.6 Å². The highest BCUT2D eigenvalue weighted by Gasteiger charge is 2.51. The van der Waals surface area contributed by atoms with Crippen LogP contribution in [-0.4, -0.2) is 30.0 Å². The summed E-state index contributed by atoms with van der Waals surface area (Å²) in [5, 5.41) is 8.82. The zero-order chi connectivity index (χ0) is 14.4. The molecule has 1 aromatic carbocycles. The summed E-state index contributed by atoms with van der Waals surface area (Å²) in [6.45, 7) is 5.54. The third-order valence-corrected chi connectivity index (χ3v) is 3.78. The average Bonchev–Trinajstić information content (AvgIpc) is 3.09. The Morgan fingerprint density at radius 1 is 1.40 bits per heavy atom. The molecule has 1 aliphatic heterocycles. The van der Waals surface area contributed by atoms with Crippen LogP contribution in [0.25, 0.3) is 0 Å². The first-order valence-electron chi connectivity index (χ1n) is 7.20. The van der Waals surface area contributed by atoms with Crippen molar-refractivity contribution >= 4 is 0 Å². The minimum atomic E-state index is -0.131. The van der Waals surface area contributed by atoms with Crippen molar-refractivity contribution in [3.8, 4) is 0 Å². The smallest absolute Gasteiger partial charge is 0.115 e. The molecule has 0 aliphatic carbocycles. The van der Waals surface area contributed by atoms with Gasteiger partial charge in [0.15, 0.2) is 0 Å². The minimum Gasteiger partial charge on any atom is -0.392 e. The molecular formula is C17H24O3. The third kappa shape index (κ3) is 4.44. The maximum Gasteiger partial charge on any atom is 0.115 e. The van der Waals surface area contributed by atoms with Crippen LogP contribution in [0.15, 0.2) is 42.0 Å². The first-order chi connectivity index (χ1) is 9.64. The molecule has 1 saturated heterocycles. The number of allylic oxidation sites excluding steroid dienone is 1. The Morgan fingerprint density at radius 2 is 2.15 bits per heavy atom. The van der Waals surface area contributed by atoms with Crippen LogP contribution in [0.3, 0.4) is 0 Å². The van der Waals surface area contributed by atoms with Crippen molar-refractivity contribution in [2.75, 3.05) is 13.2 Å². The third-order valence-electron chi connectivity index (χ3n) is 3.78. The van der Waals surface area contributed by atoms with E-state index in [0.717, 1.165) is 12.8 Å². The van der Waals surface area contributed by atoms with Gasteiger partial charge in [0.05, 0.1) is 25.9 Å². The first kappa shape index (κ1) is 15.2. The fraction of sp³-hybridized carbons (Fsp3) is 0.529. The molecule has 0 aromatic heterocycles. The zero-order valence-electron chi connectivity index (χ0n) is 12.3. The van der Waals surface area contributed by atoms with Crippen LogP contribution in [0.1, 0.15) is 32.3 Å². The Morgan fingerprint density at radius 3 is 2.85 bits per heavy atom. The van der Waals surface area contributed by atoms with E-state index in [-0.39, 0.29) is 18.3 Å². The van der Waals surface area contributed by atoms with E-state index in [2.05, 4.69) is 19.1 Å². The van der Waals surface area contributed by atoms with Gasteiger partial charge in [-0.25, -0.2) is 0 Å². The van der Waals surface area contributed by atoms with Crippen LogP contribution in [0.5, 0.6) is 0 Å². The fourth-order valence-corrected chi connectivity index (χ4v) is 2.34. The highest BCUT2D eigenvalue weighted by atomic mass is 16.6. The summed E-state index contributed by atoms with van der Waals surface area (Å²) >= 11 is 0. The van der Waals surface area contributed by atoms with E-state index < -0.39 is 0 Å². The van der Waals surface area contributed by atoms with Crippen LogP contribution in [-0.2, 0) is 16.1 Å². The van der Waals surface area contributed by atoms with Crippen molar-refractivity contribution in [3.05, 3.63) is 47.5 Å². The molecule has 0 spiro atoms. The second-order valence-electron chi connectivity index (χ2n) is 5.67. The normalized spacial score (nSPS) is 25.8. The molecule has 3 nitrogen and oxygen atoms in total. The van der Waals surface area contributed by atoms with Crippen LogP contribution < -0.4 is 0 Å². The molecule has 0 unspecified atom stereocenters. The van der Waals surface area contributed by atoms with Gasteiger partial charge in [0, 0.05) is 0 Å². The van der Waals surface area contributed by atoms with Gasteiger partial charge in [-0.2, -0.15) is 0 Å². The quantitative estimate of drug-likeness (QED) is 0.586. The second kappa shape index (κ2) is 7.02. The standard InChI is InChI=1S/C17H24O3/c1-14(10-11-18)8-9-16-17(2,20-16)13-19-12-15-6-4-3-5-7-15/h3-7,10,16,18H,8-9,11-13H2,1-2H3/b14-10-/t16-,17-/m0/s1. The summed E-state index contributed by atoms with van der Waals surface area (Å²) in [5.41, 5.74) is 2.28. The Balaban J connectivity index is 1.66. The summed E-state index contributed by atoms with van der Waals surface area (Å²) in [4.78, 5) is 0. The molecule has 1 aromatic rings. The van der Waals surface area contributed by atoms with Crippen LogP contribution >= 0.6 is 0 Å². The van der Waals surface area contributed by atoms with Gasteiger partial charge in [-0.1, -0.05) is 42.0 Å². The van der Waals surface area contributed by atoms with E-state index in [1.807, 2.05) is 31.2 Å². The second-order valence-corrected chi connectivity index (χ2v) is 5.67. The van der Waals surface area contributed by atoms with Crippen molar-refractivity contribution < 1.29 is 14.6 Å². The SMILES string of the molecule is C/C(=C/CO)CC[C@@H]1O[C@@]1(C)COCc1ccccc1. The molecule has 1 aliphatic rings. The van der Waals surface area contributed by atoms with Crippen molar-refractivity contribution in [1.82, 2.24) is 0 Å². The molecule has 110 valence electrons. The highest BCUT2D eigenvalue weighted by Crippen LogP contribution is 2.40. The van der Waals surface area contributed by atoms with Gasteiger partial charge < -0.3 is 14.6 Å². The molecule has 20 heavy (non-hydrogen) atoms. The molecule has 1 fully saturated rings. The molecule has 1 heterocycles. The Bertz CT molecular complexity index is 441. The number of hydrogen-bond acceptors (Lipinski definition) is 3. The van der Waals surface area contributed by atoms with Crippen molar-refractivity contribution in [3.63, 3.8) is 0 Å². The maximum absolute atomic E-state index is 8.82. The van der Waals surface area contributed by atoms with Crippen molar-refractivity contribution in [2.45, 2.75) is 45.0 Å². The van der Waals surface area contributed by atoms with Crippen LogP contribution in [0, 0.1) is 0 Å². The van der Waals surface area contributed by atoms with Gasteiger partial charge in [0.1, 0.15) is 5.60 Å². The molecule has 0 radical (unpaired) electrons. The van der Waals surface area contributed by atoms with Gasteiger partial charge in [-0.15, -0.1) is 0 Å². The molecule has 3 heteroatoms. The van der Waals surface area contributed by atoms with E-state index in [1.165, 1.54) is 11.1 Å². The van der Waals surface area contributed by atoms with Crippen molar-refractivity contribution in [1.29, 1.82) is 0 Å². The molecule has 2 atom stereocenters. The maximum atomic E-state index is 8.82. The lowest BCUT2D eigenvalue weighted by Gasteiger charge is -2.08. The lowest BCUT2D eigenvalue weighted by molar-refractivity contribution is 0.0742. The Kier molecular flexibility index (Phi) is 5.35. The molecule has 0 bridgehead atoms. The molecule has 0 amide bonds. The number of ether oxygens (including phenoxy) is 2. The number of rotatable bonds is 8. The molecular weight excluding hydrogens is 252 g/mol. The number of aliphatic hydroxyl groups is 1. The van der Waals surface area contributed by atoms with Gasteiger partial charge in [-0.05, 0) is 32.3 Å². The predicted molar refractivity (Wildman–Crippen MR) is 79.5 cm³/mol. The first-order valence-corrected chi connectivity index (χ1v) is 7.20. The highest BCUT2D eigenvalue weighted by molar-refractivity contribution is 5.13. The Hall–Kier alpha value is -1.16. The van der Waals surface area contributed by atoms with E-state index in [9.17, 15) is 0 Å². The van der Waals surface area contributed by atoms with E-state index in [0.29, 0.717) is 13.2 Å². The van der Waals surface area contributed by atoms with Crippen LogP contribution in [0.2, 0.25) is 0 Å². The number of epoxide rings is 1. The van der Waals surface area contributed by atoms with Gasteiger partial charge in [-0.3, -0.25) is 0 Å². The largest absolute Gasteiger partial charge is 0.392 e. The summed E-state index contributed by atoms with van der Waals surface area (Å²) in [7, 11) is 0. The molecule has 1 N–H and O–H groups in total. The summed E-state index contributed by atoms with van der Waals surface area (Å²) in [6.07, 6.45) is 4.10. The number of hydrogen-bond donors (Lipinski definition) is 1. The van der Waals surface area contributed by atoms with Gasteiger partial charge >= 0.3 is 0 Å². The topological polar surface area (TPSA) is 42.0 Å². The minimum absolute atomic E-state index is 0.120. The Labute approximate surface area is 121 Å². The molecule has 0 saturated carbocycles. The number of aliphatic hydroxyl groups excluding tert-OH is 1. The number of benzene rings is 1. The lowest BCUT2D eigenvalue weighted by Crippen LogP contribution is -2.18. The zero-order valence-corrected chi connectivity index (χ0v) is 12.3. The summed E-state index contributed by atoms with van der Waals surface area (Å²) in [5.74, 6) is 0. The predicted octanol–water partition coefficient (Wildman–Crippen LogP) is 3.08. The van der Waals surface area contributed by atoms with E-state index in [1.54, 1.807) is 0 Å². The fourth-order valence-electron chi connectivity index (χ4n) is 2.34. The monoisotopic (exact) mass is 276 g/mol. The lowest BCUT2D eigenvalue weighted by atomic mass is 10.0. The molecule has 2 rings (SSSR count). The average molecular weight is 276 g/mol. The summed E-state index contributed by atoms with van der Waals surface area (Å²) < 4.78 is 11.5. The van der Waals surface area contributed by atoms with E-state index >= 15 is 0 Å². The van der Waals surface area contributed by atoms with Crippen LogP contribution in [0.4, 0.5) is 0 Å². The van der Waals surface area contributed by atoms with Gasteiger partial charge in [0.25, 0.3) is 0 Å². The van der Waals surface area contributed by atoms with Gasteiger partial charge in [0.2, 0.25) is 0 Å². The van der Waals surface area contributed by atoms with Crippen molar-refractivity contribution in [2.24, 2.45) is 0 Å². The summed E-state index contributed by atoms with van der Waals surface area (Å²) in [6, 6.07) is 10.2.